The maximum absolute atomic E-state index is 11.8. The number of carbonyl (C=O) groups is 1. The van der Waals surface area contributed by atoms with Crippen LogP contribution in [0.3, 0.4) is 0 Å². The standard InChI is InChI=1S/C16H24O2/c1-7-16(5,18-6)11-8-13-12(2)14(17)9-10-15(13,3)4/h7-8,11H,1,9-10H2,2-6H3/b11-8+. The highest BCUT2D eigenvalue weighted by Gasteiger charge is 2.31. The van der Waals surface area contributed by atoms with Gasteiger partial charge in [0.05, 0.1) is 0 Å². The number of ketones is 1. The van der Waals surface area contributed by atoms with E-state index in [4.69, 9.17) is 4.74 Å². The average Bonchev–Trinajstić information content (AvgIpc) is 2.34. The van der Waals surface area contributed by atoms with Crippen LogP contribution in [0.2, 0.25) is 0 Å². The van der Waals surface area contributed by atoms with Crippen molar-refractivity contribution < 1.29 is 9.53 Å². The second-order valence-corrected chi connectivity index (χ2v) is 5.77. The molecule has 0 amide bonds. The van der Waals surface area contributed by atoms with Crippen molar-refractivity contribution in [3.8, 4) is 0 Å². The molecule has 1 aliphatic rings. The van der Waals surface area contributed by atoms with Gasteiger partial charge in [-0.25, -0.2) is 0 Å². The first-order valence-corrected chi connectivity index (χ1v) is 6.38. The normalized spacial score (nSPS) is 23.3. The first kappa shape index (κ1) is 14.9. The average molecular weight is 248 g/mol. The first-order valence-electron chi connectivity index (χ1n) is 6.38. The summed E-state index contributed by atoms with van der Waals surface area (Å²) in [5.74, 6) is 0.256. The van der Waals surface area contributed by atoms with E-state index >= 15 is 0 Å². The molecule has 0 aliphatic heterocycles. The number of Topliss-reactive ketones (excluding diaryl/α,β-unsaturated/α-hetero) is 1. The molecule has 1 unspecified atom stereocenters. The number of methoxy groups -OCH3 is 1. The van der Waals surface area contributed by atoms with Crippen LogP contribution in [-0.4, -0.2) is 18.5 Å². The molecule has 18 heavy (non-hydrogen) atoms. The zero-order valence-electron chi connectivity index (χ0n) is 12.2. The molecule has 2 nitrogen and oxygen atoms in total. The molecule has 0 saturated heterocycles. The predicted octanol–water partition coefficient (Wildman–Crippen LogP) is 3.84. The highest BCUT2D eigenvalue weighted by Crippen LogP contribution is 2.39. The van der Waals surface area contributed by atoms with Crippen molar-refractivity contribution >= 4 is 5.78 Å². The van der Waals surface area contributed by atoms with E-state index in [1.165, 1.54) is 0 Å². The zero-order chi connectivity index (χ0) is 14.0. The number of hydrogen-bond acceptors (Lipinski definition) is 2. The Morgan fingerprint density at radius 1 is 1.44 bits per heavy atom. The molecule has 0 saturated carbocycles. The monoisotopic (exact) mass is 248 g/mol. The van der Waals surface area contributed by atoms with Crippen LogP contribution in [0.4, 0.5) is 0 Å². The molecule has 0 bridgehead atoms. The Bertz CT molecular complexity index is 413. The molecule has 0 radical (unpaired) electrons. The van der Waals surface area contributed by atoms with Crippen molar-refractivity contribution in [2.24, 2.45) is 5.41 Å². The van der Waals surface area contributed by atoms with Crippen molar-refractivity contribution in [3.63, 3.8) is 0 Å². The Morgan fingerprint density at radius 3 is 2.56 bits per heavy atom. The van der Waals surface area contributed by atoms with Gasteiger partial charge in [0.1, 0.15) is 5.60 Å². The highest BCUT2D eigenvalue weighted by molar-refractivity contribution is 5.97. The molecule has 0 heterocycles. The van der Waals surface area contributed by atoms with Crippen molar-refractivity contribution in [1.82, 2.24) is 0 Å². The molecule has 0 aromatic rings. The molecular formula is C16H24O2. The first-order chi connectivity index (χ1) is 8.25. The Balaban J connectivity index is 3.13. The van der Waals surface area contributed by atoms with Crippen LogP contribution in [0, 0.1) is 5.41 Å². The van der Waals surface area contributed by atoms with Gasteiger partial charge in [-0.05, 0) is 42.9 Å². The van der Waals surface area contributed by atoms with Crippen LogP contribution < -0.4 is 0 Å². The van der Waals surface area contributed by atoms with E-state index < -0.39 is 5.60 Å². The van der Waals surface area contributed by atoms with E-state index in [2.05, 4.69) is 20.4 Å². The molecule has 0 N–H and O–H groups in total. The lowest BCUT2D eigenvalue weighted by molar-refractivity contribution is -0.116. The quantitative estimate of drug-likeness (QED) is 0.707. The van der Waals surface area contributed by atoms with Gasteiger partial charge in [0, 0.05) is 13.5 Å². The summed E-state index contributed by atoms with van der Waals surface area (Å²) in [7, 11) is 1.66. The SMILES string of the molecule is C=CC(C)(/C=C/C1=C(C)C(=O)CCC1(C)C)OC. The molecule has 0 aromatic carbocycles. The second-order valence-electron chi connectivity index (χ2n) is 5.77. The van der Waals surface area contributed by atoms with E-state index in [0.29, 0.717) is 6.42 Å². The summed E-state index contributed by atoms with van der Waals surface area (Å²) < 4.78 is 5.40. The lowest BCUT2D eigenvalue weighted by Crippen LogP contribution is -2.26. The molecule has 0 aromatic heterocycles. The smallest absolute Gasteiger partial charge is 0.158 e. The lowest BCUT2D eigenvalue weighted by Gasteiger charge is -2.32. The fourth-order valence-electron chi connectivity index (χ4n) is 2.22. The molecule has 1 aliphatic carbocycles. The summed E-state index contributed by atoms with van der Waals surface area (Å²) >= 11 is 0. The van der Waals surface area contributed by atoms with Crippen molar-refractivity contribution in [1.29, 1.82) is 0 Å². The van der Waals surface area contributed by atoms with E-state index in [-0.39, 0.29) is 11.2 Å². The summed E-state index contributed by atoms with van der Waals surface area (Å²) in [5, 5.41) is 0. The molecule has 1 atom stereocenters. The number of carbonyl (C=O) groups excluding carboxylic acids is 1. The molecular weight excluding hydrogens is 224 g/mol. The fraction of sp³-hybridized carbons (Fsp3) is 0.562. The summed E-state index contributed by atoms with van der Waals surface area (Å²) in [6, 6.07) is 0. The van der Waals surface area contributed by atoms with Gasteiger partial charge in [0.15, 0.2) is 5.78 Å². The fourth-order valence-corrected chi connectivity index (χ4v) is 2.22. The Labute approximate surface area is 110 Å². The van der Waals surface area contributed by atoms with Crippen molar-refractivity contribution in [2.75, 3.05) is 7.11 Å². The molecule has 100 valence electrons. The van der Waals surface area contributed by atoms with Gasteiger partial charge in [-0.2, -0.15) is 0 Å². The lowest BCUT2D eigenvalue weighted by atomic mass is 9.72. The number of hydrogen-bond donors (Lipinski definition) is 0. The van der Waals surface area contributed by atoms with Crippen molar-refractivity contribution in [2.45, 2.75) is 46.1 Å². The van der Waals surface area contributed by atoms with E-state index in [0.717, 1.165) is 17.6 Å². The van der Waals surface area contributed by atoms with Crippen LogP contribution >= 0.6 is 0 Å². The van der Waals surface area contributed by atoms with Gasteiger partial charge in [-0.3, -0.25) is 4.79 Å². The van der Waals surface area contributed by atoms with E-state index in [1.54, 1.807) is 13.2 Å². The third-order valence-electron chi connectivity index (χ3n) is 3.95. The van der Waals surface area contributed by atoms with Crippen LogP contribution in [0.25, 0.3) is 0 Å². The maximum Gasteiger partial charge on any atom is 0.158 e. The third-order valence-corrected chi connectivity index (χ3v) is 3.95. The predicted molar refractivity (Wildman–Crippen MR) is 75.5 cm³/mol. The van der Waals surface area contributed by atoms with Crippen LogP contribution in [0.5, 0.6) is 0 Å². The Morgan fingerprint density at radius 2 is 2.06 bits per heavy atom. The molecule has 2 heteroatoms. The van der Waals surface area contributed by atoms with Gasteiger partial charge >= 0.3 is 0 Å². The zero-order valence-corrected chi connectivity index (χ0v) is 12.2. The summed E-state index contributed by atoms with van der Waals surface area (Å²) in [4.78, 5) is 11.8. The van der Waals surface area contributed by atoms with E-state index in [9.17, 15) is 4.79 Å². The van der Waals surface area contributed by atoms with Gasteiger partial charge < -0.3 is 4.74 Å². The minimum absolute atomic E-state index is 0.0459. The number of allylic oxidation sites excluding steroid dienone is 3. The van der Waals surface area contributed by atoms with Gasteiger partial charge in [0.25, 0.3) is 0 Å². The minimum Gasteiger partial charge on any atom is -0.370 e. The van der Waals surface area contributed by atoms with Crippen molar-refractivity contribution in [3.05, 3.63) is 36.0 Å². The largest absolute Gasteiger partial charge is 0.370 e. The number of rotatable bonds is 4. The maximum atomic E-state index is 11.8. The second kappa shape index (κ2) is 5.23. The number of ether oxygens (including phenoxy) is 1. The highest BCUT2D eigenvalue weighted by atomic mass is 16.5. The van der Waals surface area contributed by atoms with Crippen LogP contribution in [0.15, 0.2) is 36.0 Å². The van der Waals surface area contributed by atoms with Gasteiger partial charge in [-0.1, -0.05) is 32.6 Å². The van der Waals surface area contributed by atoms with Crippen LogP contribution in [0.1, 0.15) is 40.5 Å². The summed E-state index contributed by atoms with van der Waals surface area (Å²) in [5.41, 5.74) is 1.56. The minimum atomic E-state index is -0.482. The van der Waals surface area contributed by atoms with E-state index in [1.807, 2.05) is 26.0 Å². The topological polar surface area (TPSA) is 26.3 Å². The van der Waals surface area contributed by atoms with Crippen LogP contribution in [-0.2, 0) is 9.53 Å². The Kier molecular flexibility index (Phi) is 4.33. The Hall–Kier alpha value is -1.15. The molecule has 0 spiro atoms. The summed E-state index contributed by atoms with van der Waals surface area (Å²) in [6.45, 7) is 12.0. The van der Waals surface area contributed by atoms with Gasteiger partial charge in [-0.15, -0.1) is 0 Å². The van der Waals surface area contributed by atoms with Gasteiger partial charge in [0.2, 0.25) is 0 Å². The third kappa shape index (κ3) is 2.99. The molecule has 1 rings (SSSR count). The molecule has 0 fully saturated rings. The summed E-state index contributed by atoms with van der Waals surface area (Å²) in [6.07, 6.45) is 7.31.